The molecule has 1 aromatic carbocycles. The molecule has 0 aliphatic heterocycles. The number of phenols is 1. The second-order valence-electron chi connectivity index (χ2n) is 2.89. The minimum atomic E-state index is -0.0709. The Morgan fingerprint density at radius 1 is 1.46 bits per heavy atom. The summed E-state index contributed by atoms with van der Waals surface area (Å²) in [6, 6.07) is 4.82. The Morgan fingerprint density at radius 3 is 2.92 bits per heavy atom. The molecule has 0 spiro atoms. The lowest BCUT2D eigenvalue weighted by Gasteiger charge is -1.97. The number of Topliss-reactive ketones (excluding diaryl/α,β-unsaturated/α-hetero) is 1. The van der Waals surface area contributed by atoms with Crippen molar-refractivity contribution in [2.75, 3.05) is 0 Å². The summed E-state index contributed by atoms with van der Waals surface area (Å²) < 4.78 is 5.02. The summed E-state index contributed by atoms with van der Waals surface area (Å²) in [7, 11) is 0. The van der Waals surface area contributed by atoms with Crippen molar-refractivity contribution >= 4 is 16.8 Å². The predicted octanol–water partition coefficient (Wildman–Crippen LogP) is 2.34. The predicted molar refractivity (Wildman–Crippen MR) is 47.9 cm³/mol. The van der Waals surface area contributed by atoms with Crippen molar-refractivity contribution in [1.29, 1.82) is 0 Å². The molecule has 3 heteroatoms. The van der Waals surface area contributed by atoms with E-state index in [9.17, 15) is 9.90 Å². The van der Waals surface area contributed by atoms with Crippen molar-refractivity contribution in [3.05, 3.63) is 30.0 Å². The van der Waals surface area contributed by atoms with Gasteiger partial charge in [0.2, 0.25) is 0 Å². The van der Waals surface area contributed by atoms with Crippen molar-refractivity contribution in [1.82, 2.24) is 0 Å². The summed E-state index contributed by atoms with van der Waals surface area (Å²) in [5, 5.41) is 10.2. The summed E-state index contributed by atoms with van der Waals surface area (Å²) in [6.07, 6.45) is 1.48. The van der Waals surface area contributed by atoms with Crippen LogP contribution in [-0.4, -0.2) is 10.9 Å². The highest BCUT2D eigenvalue weighted by atomic mass is 16.3. The summed E-state index contributed by atoms with van der Waals surface area (Å²) in [5.74, 6) is -0.0638. The third kappa shape index (κ3) is 1.18. The van der Waals surface area contributed by atoms with Crippen LogP contribution in [0.25, 0.3) is 11.0 Å². The number of phenolic OH excluding ortho intramolecular Hbond substituents is 1. The van der Waals surface area contributed by atoms with Crippen LogP contribution < -0.4 is 0 Å². The minimum Gasteiger partial charge on any atom is -0.504 e. The van der Waals surface area contributed by atoms with Crippen LogP contribution in [-0.2, 0) is 0 Å². The molecule has 0 saturated carbocycles. The molecule has 0 bridgehead atoms. The summed E-state index contributed by atoms with van der Waals surface area (Å²) in [4.78, 5) is 11.0. The molecule has 2 aromatic rings. The molecule has 0 aliphatic rings. The fourth-order valence-corrected chi connectivity index (χ4v) is 1.27. The number of fused-ring (bicyclic) bond motifs is 1. The zero-order valence-electron chi connectivity index (χ0n) is 7.07. The average molecular weight is 176 g/mol. The number of carbonyl (C=O) groups excluding carboxylic acids is 1. The highest BCUT2D eigenvalue weighted by molar-refractivity contribution is 5.99. The lowest BCUT2D eigenvalue weighted by molar-refractivity contribution is 0.101. The van der Waals surface area contributed by atoms with Gasteiger partial charge in [-0.15, -0.1) is 0 Å². The number of carbonyl (C=O) groups is 1. The SMILES string of the molecule is CC(=O)c1cc(O)c2occc2c1. The Morgan fingerprint density at radius 2 is 2.23 bits per heavy atom. The third-order valence-electron chi connectivity index (χ3n) is 1.94. The minimum absolute atomic E-state index is 0.00713. The fourth-order valence-electron chi connectivity index (χ4n) is 1.27. The van der Waals surface area contributed by atoms with Gasteiger partial charge in [0.05, 0.1) is 6.26 Å². The van der Waals surface area contributed by atoms with E-state index in [-0.39, 0.29) is 11.5 Å². The van der Waals surface area contributed by atoms with Crippen LogP contribution in [0.3, 0.4) is 0 Å². The Balaban J connectivity index is 2.77. The molecule has 0 amide bonds. The van der Waals surface area contributed by atoms with E-state index in [4.69, 9.17) is 4.42 Å². The van der Waals surface area contributed by atoms with Gasteiger partial charge in [-0.25, -0.2) is 0 Å². The maximum Gasteiger partial charge on any atom is 0.175 e. The molecule has 0 radical (unpaired) electrons. The highest BCUT2D eigenvalue weighted by Gasteiger charge is 2.07. The van der Waals surface area contributed by atoms with E-state index in [2.05, 4.69) is 0 Å². The molecule has 3 nitrogen and oxygen atoms in total. The number of rotatable bonds is 1. The largest absolute Gasteiger partial charge is 0.504 e. The molecule has 0 atom stereocenters. The smallest absolute Gasteiger partial charge is 0.175 e. The molecule has 0 aliphatic carbocycles. The van der Waals surface area contributed by atoms with E-state index in [1.807, 2.05) is 0 Å². The maximum absolute atomic E-state index is 11.0. The first-order chi connectivity index (χ1) is 6.18. The van der Waals surface area contributed by atoms with Gasteiger partial charge in [-0.1, -0.05) is 0 Å². The number of hydrogen-bond donors (Lipinski definition) is 1. The Bertz CT molecular complexity index is 468. The number of benzene rings is 1. The molecular formula is C10H8O3. The van der Waals surface area contributed by atoms with Gasteiger partial charge in [-0.05, 0) is 25.1 Å². The van der Waals surface area contributed by atoms with Crippen LogP contribution in [0.5, 0.6) is 5.75 Å². The van der Waals surface area contributed by atoms with Gasteiger partial charge >= 0.3 is 0 Å². The van der Waals surface area contributed by atoms with Crippen LogP contribution in [0.2, 0.25) is 0 Å². The number of aromatic hydroxyl groups is 1. The summed E-state index contributed by atoms with van der Waals surface area (Å²) in [5.41, 5.74) is 0.913. The van der Waals surface area contributed by atoms with E-state index in [1.165, 1.54) is 19.3 Å². The van der Waals surface area contributed by atoms with Gasteiger partial charge in [0, 0.05) is 10.9 Å². The van der Waals surface area contributed by atoms with E-state index in [0.717, 1.165) is 5.39 Å². The first kappa shape index (κ1) is 7.86. The second-order valence-corrected chi connectivity index (χ2v) is 2.89. The van der Waals surface area contributed by atoms with Crippen molar-refractivity contribution in [2.24, 2.45) is 0 Å². The molecule has 1 N–H and O–H groups in total. The normalized spacial score (nSPS) is 10.5. The van der Waals surface area contributed by atoms with E-state index in [0.29, 0.717) is 11.1 Å². The van der Waals surface area contributed by atoms with Gasteiger partial charge in [0.1, 0.15) is 0 Å². The summed E-state index contributed by atoms with van der Waals surface area (Å²) in [6.45, 7) is 1.46. The standard InChI is InChI=1S/C10H8O3/c1-6(11)8-4-7-2-3-13-10(7)9(12)5-8/h2-5,12H,1H3. The van der Waals surface area contributed by atoms with Crippen molar-refractivity contribution in [3.8, 4) is 5.75 Å². The highest BCUT2D eigenvalue weighted by Crippen LogP contribution is 2.27. The molecule has 0 unspecified atom stereocenters. The van der Waals surface area contributed by atoms with E-state index < -0.39 is 0 Å². The number of furan rings is 1. The van der Waals surface area contributed by atoms with Gasteiger partial charge in [0.15, 0.2) is 17.1 Å². The van der Waals surface area contributed by atoms with Gasteiger partial charge in [-0.3, -0.25) is 4.79 Å². The summed E-state index contributed by atoms with van der Waals surface area (Å²) >= 11 is 0. The van der Waals surface area contributed by atoms with Crippen molar-refractivity contribution in [3.63, 3.8) is 0 Å². The molecule has 66 valence electrons. The monoisotopic (exact) mass is 176 g/mol. The van der Waals surface area contributed by atoms with Crippen LogP contribution in [0.4, 0.5) is 0 Å². The average Bonchev–Trinajstić information content (AvgIpc) is 2.51. The molecular weight excluding hydrogens is 168 g/mol. The lowest BCUT2D eigenvalue weighted by Crippen LogP contribution is -1.90. The first-order valence-electron chi connectivity index (χ1n) is 3.89. The lowest BCUT2D eigenvalue weighted by atomic mass is 10.1. The van der Waals surface area contributed by atoms with Crippen molar-refractivity contribution in [2.45, 2.75) is 6.92 Å². The van der Waals surface area contributed by atoms with Crippen LogP contribution in [0, 0.1) is 0 Å². The quantitative estimate of drug-likeness (QED) is 0.678. The Labute approximate surface area is 74.6 Å². The zero-order valence-corrected chi connectivity index (χ0v) is 7.07. The topological polar surface area (TPSA) is 50.4 Å². The van der Waals surface area contributed by atoms with Crippen LogP contribution in [0.15, 0.2) is 28.9 Å². The molecule has 13 heavy (non-hydrogen) atoms. The molecule has 1 heterocycles. The fraction of sp³-hybridized carbons (Fsp3) is 0.100. The Kier molecular flexibility index (Phi) is 1.59. The van der Waals surface area contributed by atoms with Crippen LogP contribution >= 0.6 is 0 Å². The molecule has 2 rings (SSSR count). The number of hydrogen-bond acceptors (Lipinski definition) is 3. The third-order valence-corrected chi connectivity index (χ3v) is 1.94. The van der Waals surface area contributed by atoms with E-state index in [1.54, 1.807) is 12.1 Å². The molecule has 0 fully saturated rings. The molecule has 1 aromatic heterocycles. The van der Waals surface area contributed by atoms with Gasteiger partial charge in [-0.2, -0.15) is 0 Å². The van der Waals surface area contributed by atoms with E-state index >= 15 is 0 Å². The molecule has 0 saturated heterocycles. The maximum atomic E-state index is 11.0. The Hall–Kier alpha value is -1.77. The first-order valence-corrected chi connectivity index (χ1v) is 3.89. The van der Waals surface area contributed by atoms with Crippen molar-refractivity contribution < 1.29 is 14.3 Å². The van der Waals surface area contributed by atoms with Gasteiger partial charge < -0.3 is 9.52 Å². The van der Waals surface area contributed by atoms with Gasteiger partial charge in [0.25, 0.3) is 0 Å². The number of ketones is 1. The second kappa shape index (κ2) is 2.62. The van der Waals surface area contributed by atoms with Crippen LogP contribution in [0.1, 0.15) is 17.3 Å². The zero-order chi connectivity index (χ0) is 9.42.